The molecule has 0 unspecified atom stereocenters. The molecule has 6 atom stereocenters. The maximum absolute atomic E-state index is 12.6. The Morgan fingerprint density at radius 2 is 1.96 bits per heavy atom. The summed E-state index contributed by atoms with van der Waals surface area (Å²) in [6.45, 7) is 6.39. The van der Waals surface area contributed by atoms with Crippen LogP contribution in [0.25, 0.3) is 0 Å². The number of Topliss-reactive ketones (excluding diaryl/α,β-unsaturated/α-hetero) is 1. The summed E-state index contributed by atoms with van der Waals surface area (Å²) in [6.07, 6.45) is 8.16. The Bertz CT molecular complexity index is 673. The Morgan fingerprint density at radius 3 is 2.67 bits per heavy atom. The molecule has 0 saturated heterocycles. The molecule has 0 spiro atoms. The summed E-state index contributed by atoms with van der Waals surface area (Å²) in [6, 6.07) is 0. The Balaban J connectivity index is 1.77. The zero-order valence-corrected chi connectivity index (χ0v) is 15.0. The van der Waals surface area contributed by atoms with Gasteiger partial charge < -0.3 is 5.11 Å². The first kappa shape index (κ1) is 16.3. The van der Waals surface area contributed by atoms with Crippen molar-refractivity contribution in [1.82, 2.24) is 0 Å². The summed E-state index contributed by atoms with van der Waals surface area (Å²) in [4.78, 5) is 24.4. The molecule has 130 valence electrons. The first-order valence-electron chi connectivity index (χ1n) is 9.43. The molecule has 0 heterocycles. The SMILES string of the molecule is C/C=C1\C(=O)C[C@H]2[C@@H]3CCC4=CC(=O)CC[C@]4(C)[C@H]3[C@H](O)C[C@]12C. The van der Waals surface area contributed by atoms with Gasteiger partial charge in [-0.3, -0.25) is 9.59 Å². The van der Waals surface area contributed by atoms with Crippen LogP contribution in [0.3, 0.4) is 0 Å². The van der Waals surface area contributed by atoms with Crippen LogP contribution in [0.5, 0.6) is 0 Å². The largest absolute Gasteiger partial charge is 0.393 e. The number of aliphatic hydroxyl groups excluding tert-OH is 1. The average Bonchev–Trinajstić information content (AvgIpc) is 2.77. The minimum absolute atomic E-state index is 0.0701. The van der Waals surface area contributed by atoms with Gasteiger partial charge in [0.25, 0.3) is 0 Å². The predicted octanol–water partition coefficient (Wildman–Crippen LogP) is 3.61. The zero-order valence-electron chi connectivity index (χ0n) is 15.0. The number of hydrogen-bond acceptors (Lipinski definition) is 3. The summed E-state index contributed by atoms with van der Waals surface area (Å²) in [7, 11) is 0. The Labute approximate surface area is 144 Å². The van der Waals surface area contributed by atoms with Gasteiger partial charge in [0.2, 0.25) is 0 Å². The molecule has 0 aliphatic heterocycles. The molecule has 0 aromatic rings. The molecule has 24 heavy (non-hydrogen) atoms. The second-order valence-electron chi connectivity index (χ2n) is 8.91. The number of carbonyl (C=O) groups excluding carboxylic acids is 2. The van der Waals surface area contributed by atoms with E-state index in [9.17, 15) is 14.7 Å². The number of aliphatic hydroxyl groups is 1. The highest BCUT2D eigenvalue weighted by molar-refractivity contribution is 5.99. The summed E-state index contributed by atoms with van der Waals surface area (Å²) in [5.41, 5.74) is 1.95. The van der Waals surface area contributed by atoms with Crippen LogP contribution in [-0.2, 0) is 9.59 Å². The van der Waals surface area contributed by atoms with E-state index in [-0.39, 0.29) is 34.4 Å². The molecule has 0 aromatic carbocycles. The van der Waals surface area contributed by atoms with Crippen LogP contribution in [0.2, 0.25) is 0 Å². The van der Waals surface area contributed by atoms with Gasteiger partial charge in [0, 0.05) is 18.3 Å². The molecule has 3 heteroatoms. The van der Waals surface area contributed by atoms with Crippen LogP contribution < -0.4 is 0 Å². The lowest BCUT2D eigenvalue weighted by atomic mass is 9.46. The van der Waals surface area contributed by atoms with E-state index in [4.69, 9.17) is 0 Å². The van der Waals surface area contributed by atoms with Crippen molar-refractivity contribution in [3.05, 3.63) is 23.3 Å². The Morgan fingerprint density at radius 1 is 1.21 bits per heavy atom. The molecular formula is C21H28O3. The van der Waals surface area contributed by atoms with E-state index in [1.165, 1.54) is 5.57 Å². The molecule has 3 fully saturated rings. The van der Waals surface area contributed by atoms with Crippen LogP contribution in [0, 0.1) is 28.6 Å². The summed E-state index contributed by atoms with van der Waals surface area (Å²) in [5.74, 6) is 1.44. The molecule has 0 radical (unpaired) electrons. The van der Waals surface area contributed by atoms with Gasteiger partial charge >= 0.3 is 0 Å². The molecule has 0 amide bonds. The fourth-order valence-corrected chi connectivity index (χ4v) is 6.84. The number of rotatable bonds is 0. The van der Waals surface area contributed by atoms with Crippen LogP contribution in [-0.4, -0.2) is 22.8 Å². The average molecular weight is 328 g/mol. The lowest BCUT2D eigenvalue weighted by Gasteiger charge is -2.58. The van der Waals surface area contributed by atoms with Gasteiger partial charge in [-0.25, -0.2) is 0 Å². The number of ketones is 2. The highest BCUT2D eigenvalue weighted by atomic mass is 16.3. The van der Waals surface area contributed by atoms with Crippen molar-refractivity contribution in [3.8, 4) is 0 Å². The van der Waals surface area contributed by atoms with Crippen molar-refractivity contribution in [2.45, 2.75) is 65.4 Å². The Kier molecular flexibility index (Phi) is 3.48. The van der Waals surface area contributed by atoms with Gasteiger partial charge in [-0.15, -0.1) is 0 Å². The van der Waals surface area contributed by atoms with E-state index in [1.54, 1.807) is 0 Å². The van der Waals surface area contributed by atoms with Gasteiger partial charge in [-0.2, -0.15) is 0 Å². The number of hydrogen-bond donors (Lipinski definition) is 1. The first-order valence-corrected chi connectivity index (χ1v) is 9.43. The summed E-state index contributed by atoms with van der Waals surface area (Å²) in [5, 5.41) is 11.1. The van der Waals surface area contributed by atoms with Crippen molar-refractivity contribution in [3.63, 3.8) is 0 Å². The van der Waals surface area contributed by atoms with E-state index in [0.29, 0.717) is 31.1 Å². The lowest BCUT2D eigenvalue weighted by molar-refractivity contribution is -0.124. The molecule has 4 aliphatic carbocycles. The van der Waals surface area contributed by atoms with E-state index < -0.39 is 0 Å². The fraction of sp³-hybridized carbons (Fsp3) is 0.714. The molecule has 3 nitrogen and oxygen atoms in total. The minimum atomic E-state index is -0.390. The predicted molar refractivity (Wildman–Crippen MR) is 92.2 cm³/mol. The van der Waals surface area contributed by atoms with Gasteiger partial charge in [0.05, 0.1) is 6.10 Å². The maximum Gasteiger partial charge on any atom is 0.159 e. The van der Waals surface area contributed by atoms with Gasteiger partial charge in [-0.1, -0.05) is 25.5 Å². The highest BCUT2D eigenvalue weighted by Gasteiger charge is 2.62. The summed E-state index contributed by atoms with van der Waals surface area (Å²) >= 11 is 0. The zero-order chi connectivity index (χ0) is 17.3. The van der Waals surface area contributed by atoms with E-state index in [2.05, 4.69) is 13.8 Å². The van der Waals surface area contributed by atoms with Crippen molar-refractivity contribution >= 4 is 11.6 Å². The highest BCUT2D eigenvalue weighted by Crippen LogP contribution is 2.65. The van der Waals surface area contributed by atoms with E-state index in [1.807, 2.05) is 19.1 Å². The third-order valence-electron chi connectivity index (χ3n) is 7.90. The topological polar surface area (TPSA) is 54.4 Å². The van der Waals surface area contributed by atoms with Gasteiger partial charge in [0.1, 0.15) is 0 Å². The van der Waals surface area contributed by atoms with Gasteiger partial charge in [0.15, 0.2) is 11.6 Å². The van der Waals surface area contributed by atoms with Crippen LogP contribution in [0.15, 0.2) is 23.3 Å². The lowest BCUT2D eigenvalue weighted by Crippen LogP contribution is -2.55. The molecular weight excluding hydrogens is 300 g/mol. The normalized spacial score (nSPS) is 49.5. The standard InChI is InChI=1S/C21H28O3/c1-4-15-17(23)10-16-14-6-5-12-9-13(22)7-8-20(12,2)19(14)18(24)11-21(15,16)3/h4,9,14,16,18-19,24H,5-8,10-11H2,1-3H3/b15-4+/t14-,16-,18+,19+,20-,21+/m0/s1. The molecule has 0 aromatic heterocycles. The number of fused-ring (bicyclic) bond motifs is 5. The van der Waals surface area contributed by atoms with Gasteiger partial charge in [-0.05, 0) is 67.4 Å². The molecule has 0 bridgehead atoms. The van der Waals surface area contributed by atoms with E-state index in [0.717, 1.165) is 24.8 Å². The van der Waals surface area contributed by atoms with Crippen LogP contribution in [0.4, 0.5) is 0 Å². The van der Waals surface area contributed by atoms with E-state index >= 15 is 0 Å². The third kappa shape index (κ3) is 1.94. The van der Waals surface area contributed by atoms with Crippen molar-refractivity contribution in [1.29, 1.82) is 0 Å². The number of allylic oxidation sites excluding steroid dienone is 3. The Hall–Kier alpha value is -1.22. The van der Waals surface area contributed by atoms with Crippen molar-refractivity contribution in [2.24, 2.45) is 28.6 Å². The quantitative estimate of drug-likeness (QED) is 0.691. The smallest absolute Gasteiger partial charge is 0.159 e. The molecule has 4 aliphatic rings. The first-order chi connectivity index (χ1) is 11.3. The fourth-order valence-electron chi connectivity index (χ4n) is 6.84. The second kappa shape index (κ2) is 5.14. The third-order valence-corrected chi connectivity index (χ3v) is 7.90. The maximum atomic E-state index is 12.6. The monoisotopic (exact) mass is 328 g/mol. The van der Waals surface area contributed by atoms with Crippen molar-refractivity contribution < 1.29 is 14.7 Å². The minimum Gasteiger partial charge on any atom is -0.393 e. The van der Waals surface area contributed by atoms with Crippen LogP contribution >= 0.6 is 0 Å². The second-order valence-corrected chi connectivity index (χ2v) is 8.91. The van der Waals surface area contributed by atoms with Crippen molar-refractivity contribution in [2.75, 3.05) is 0 Å². The summed E-state index contributed by atoms with van der Waals surface area (Å²) < 4.78 is 0. The molecule has 3 saturated carbocycles. The number of carbonyl (C=O) groups is 2. The molecule has 1 N–H and O–H groups in total. The van der Waals surface area contributed by atoms with Crippen LogP contribution in [0.1, 0.15) is 59.3 Å². The molecule has 4 rings (SSSR count).